The predicted octanol–water partition coefficient (Wildman–Crippen LogP) is 2.38. The van der Waals surface area contributed by atoms with Crippen LogP contribution in [0.25, 0.3) is 11.1 Å². The summed E-state index contributed by atoms with van der Waals surface area (Å²) >= 11 is 0. The molecule has 3 rings (SSSR count). The van der Waals surface area contributed by atoms with Crippen molar-refractivity contribution in [3.8, 4) is 0 Å². The van der Waals surface area contributed by atoms with Crippen molar-refractivity contribution in [1.29, 1.82) is 0 Å². The fourth-order valence-corrected chi connectivity index (χ4v) is 2.19. The summed E-state index contributed by atoms with van der Waals surface area (Å²) in [5, 5.41) is 14.2. The Morgan fingerprint density at radius 2 is 2.19 bits per heavy atom. The van der Waals surface area contributed by atoms with E-state index in [9.17, 15) is 4.79 Å². The molecule has 3 aromatic heterocycles. The zero-order chi connectivity index (χ0) is 15.0. The molecule has 0 aliphatic carbocycles. The lowest BCUT2D eigenvalue weighted by atomic mass is 10.1. The van der Waals surface area contributed by atoms with Gasteiger partial charge in [0.05, 0.1) is 16.6 Å². The highest BCUT2D eigenvalue weighted by molar-refractivity contribution is 6.12. The highest BCUT2D eigenvalue weighted by Gasteiger charge is 2.18. The molecule has 2 N–H and O–H groups in total. The Labute approximate surface area is 120 Å². The number of pyridine rings is 1. The van der Waals surface area contributed by atoms with Gasteiger partial charge in [0.15, 0.2) is 5.82 Å². The number of fused-ring (bicyclic) bond motifs is 1. The molecule has 0 fully saturated rings. The molecule has 3 aromatic rings. The third kappa shape index (κ3) is 2.37. The molecule has 0 atom stereocenters. The van der Waals surface area contributed by atoms with Crippen LogP contribution in [-0.2, 0) is 6.42 Å². The lowest BCUT2D eigenvalue weighted by Gasteiger charge is -2.04. The molecule has 0 aliphatic heterocycles. The van der Waals surface area contributed by atoms with Crippen LogP contribution in [-0.4, -0.2) is 26.2 Å². The normalized spacial score (nSPS) is 11.0. The molecule has 0 radical (unpaired) electrons. The van der Waals surface area contributed by atoms with Gasteiger partial charge in [0, 0.05) is 17.5 Å². The highest BCUT2D eigenvalue weighted by atomic mass is 16.5. The molecule has 0 bridgehead atoms. The summed E-state index contributed by atoms with van der Waals surface area (Å²) in [4.78, 5) is 16.7. The van der Waals surface area contributed by atoms with E-state index in [1.807, 2.05) is 13.0 Å². The van der Waals surface area contributed by atoms with Crippen LogP contribution in [0.3, 0.4) is 0 Å². The number of rotatable bonds is 3. The van der Waals surface area contributed by atoms with Crippen LogP contribution in [0.1, 0.15) is 34.4 Å². The number of nitrogens with zero attached hydrogens (tertiary/aromatic N) is 3. The van der Waals surface area contributed by atoms with Crippen molar-refractivity contribution in [2.45, 2.75) is 27.2 Å². The first-order chi connectivity index (χ1) is 10.1. The molecule has 108 valence electrons. The molecule has 7 nitrogen and oxygen atoms in total. The van der Waals surface area contributed by atoms with Gasteiger partial charge in [-0.25, -0.2) is 4.98 Å². The SMILES string of the molecule is CCc1cc(NC(=O)c2cc(C)nc3onc(C)c23)n[nH]1. The van der Waals surface area contributed by atoms with Crippen LogP contribution in [0, 0.1) is 13.8 Å². The second kappa shape index (κ2) is 5.01. The fourth-order valence-electron chi connectivity index (χ4n) is 2.19. The summed E-state index contributed by atoms with van der Waals surface area (Å²) < 4.78 is 5.13. The number of anilines is 1. The number of nitrogens with one attached hydrogen (secondary N) is 2. The third-order valence-electron chi connectivity index (χ3n) is 3.24. The number of hydrogen-bond donors (Lipinski definition) is 2. The van der Waals surface area contributed by atoms with Crippen molar-refractivity contribution in [1.82, 2.24) is 20.3 Å². The van der Waals surface area contributed by atoms with E-state index in [-0.39, 0.29) is 5.91 Å². The molecule has 0 unspecified atom stereocenters. The maximum atomic E-state index is 12.5. The van der Waals surface area contributed by atoms with Gasteiger partial charge in [0.2, 0.25) is 0 Å². The molecule has 1 amide bonds. The van der Waals surface area contributed by atoms with Gasteiger partial charge in [-0.1, -0.05) is 12.1 Å². The minimum atomic E-state index is -0.258. The second-order valence-electron chi connectivity index (χ2n) is 4.85. The van der Waals surface area contributed by atoms with Crippen molar-refractivity contribution in [3.63, 3.8) is 0 Å². The highest BCUT2D eigenvalue weighted by Crippen LogP contribution is 2.22. The number of aromatic amines is 1. The van der Waals surface area contributed by atoms with E-state index in [0.29, 0.717) is 33.9 Å². The van der Waals surface area contributed by atoms with Crippen LogP contribution in [0.15, 0.2) is 16.7 Å². The summed E-state index contributed by atoms with van der Waals surface area (Å²) in [5.41, 5.74) is 3.15. The number of amides is 1. The summed E-state index contributed by atoms with van der Waals surface area (Å²) in [5.74, 6) is 0.236. The van der Waals surface area contributed by atoms with Gasteiger partial charge >= 0.3 is 0 Å². The van der Waals surface area contributed by atoms with Crippen molar-refractivity contribution >= 4 is 22.8 Å². The average molecular weight is 285 g/mol. The standard InChI is InChI=1S/C14H15N5O2/c1-4-9-6-11(18-17-9)16-13(20)10-5-7(2)15-14-12(10)8(3)19-21-14/h5-6H,4H2,1-3H3,(H2,16,17,18,20). The van der Waals surface area contributed by atoms with Crippen LogP contribution < -0.4 is 5.32 Å². The van der Waals surface area contributed by atoms with E-state index in [1.54, 1.807) is 19.9 Å². The molecule has 0 saturated heterocycles. The Morgan fingerprint density at radius 1 is 1.38 bits per heavy atom. The van der Waals surface area contributed by atoms with Crippen LogP contribution >= 0.6 is 0 Å². The predicted molar refractivity (Wildman–Crippen MR) is 77.2 cm³/mol. The van der Waals surface area contributed by atoms with E-state index >= 15 is 0 Å². The minimum Gasteiger partial charge on any atom is -0.336 e. The van der Waals surface area contributed by atoms with E-state index in [4.69, 9.17) is 4.52 Å². The van der Waals surface area contributed by atoms with E-state index in [0.717, 1.165) is 12.1 Å². The monoisotopic (exact) mass is 285 g/mol. The Hall–Kier alpha value is -2.70. The van der Waals surface area contributed by atoms with E-state index < -0.39 is 0 Å². The number of aromatic nitrogens is 4. The number of carbonyl (C=O) groups is 1. The molecular formula is C14H15N5O2. The second-order valence-corrected chi connectivity index (χ2v) is 4.85. The molecular weight excluding hydrogens is 270 g/mol. The molecule has 0 spiro atoms. The molecule has 3 heterocycles. The first-order valence-corrected chi connectivity index (χ1v) is 6.67. The Bertz CT molecular complexity index is 818. The van der Waals surface area contributed by atoms with Gasteiger partial charge in [-0.3, -0.25) is 9.89 Å². The maximum absolute atomic E-state index is 12.5. The van der Waals surface area contributed by atoms with Crippen LogP contribution in [0.5, 0.6) is 0 Å². The summed E-state index contributed by atoms with van der Waals surface area (Å²) in [6.45, 7) is 5.59. The van der Waals surface area contributed by atoms with Crippen molar-refractivity contribution < 1.29 is 9.32 Å². The molecule has 0 saturated carbocycles. The maximum Gasteiger partial charge on any atom is 0.258 e. The number of carbonyl (C=O) groups excluding carboxylic acids is 1. The average Bonchev–Trinajstić information content (AvgIpc) is 3.05. The van der Waals surface area contributed by atoms with Crippen LogP contribution in [0.2, 0.25) is 0 Å². The van der Waals surface area contributed by atoms with Crippen molar-refractivity contribution in [2.24, 2.45) is 0 Å². The van der Waals surface area contributed by atoms with Crippen molar-refractivity contribution in [3.05, 3.63) is 34.8 Å². The zero-order valence-electron chi connectivity index (χ0n) is 12.0. The Morgan fingerprint density at radius 3 is 2.90 bits per heavy atom. The van der Waals surface area contributed by atoms with Gasteiger partial charge in [-0.05, 0) is 26.3 Å². The quantitative estimate of drug-likeness (QED) is 0.770. The Balaban J connectivity index is 1.99. The zero-order valence-corrected chi connectivity index (χ0v) is 12.0. The molecule has 0 aliphatic rings. The smallest absolute Gasteiger partial charge is 0.258 e. The van der Waals surface area contributed by atoms with Gasteiger partial charge in [-0.2, -0.15) is 5.10 Å². The first-order valence-electron chi connectivity index (χ1n) is 6.67. The molecule has 7 heteroatoms. The fraction of sp³-hybridized carbons (Fsp3) is 0.286. The summed E-state index contributed by atoms with van der Waals surface area (Å²) in [7, 11) is 0. The van der Waals surface area contributed by atoms with Crippen LogP contribution in [0.4, 0.5) is 5.82 Å². The molecule has 0 aromatic carbocycles. The number of aryl methyl sites for hydroxylation is 3. The first kappa shape index (κ1) is 13.3. The van der Waals surface area contributed by atoms with Gasteiger partial charge in [0.25, 0.3) is 11.6 Å². The van der Waals surface area contributed by atoms with Gasteiger partial charge in [-0.15, -0.1) is 0 Å². The minimum absolute atomic E-state index is 0.258. The molecule has 21 heavy (non-hydrogen) atoms. The summed E-state index contributed by atoms with van der Waals surface area (Å²) in [6, 6.07) is 3.53. The van der Waals surface area contributed by atoms with Crippen molar-refractivity contribution in [2.75, 3.05) is 5.32 Å². The van der Waals surface area contributed by atoms with E-state index in [2.05, 4.69) is 25.7 Å². The third-order valence-corrected chi connectivity index (χ3v) is 3.24. The topological polar surface area (TPSA) is 96.7 Å². The largest absolute Gasteiger partial charge is 0.336 e. The van der Waals surface area contributed by atoms with E-state index in [1.165, 1.54) is 0 Å². The lowest BCUT2D eigenvalue weighted by molar-refractivity contribution is 0.102. The lowest BCUT2D eigenvalue weighted by Crippen LogP contribution is -2.13. The number of hydrogen-bond acceptors (Lipinski definition) is 5. The van der Waals surface area contributed by atoms with Gasteiger partial charge in [0.1, 0.15) is 0 Å². The van der Waals surface area contributed by atoms with Gasteiger partial charge < -0.3 is 9.84 Å². The Kier molecular flexibility index (Phi) is 3.17. The number of H-pyrrole nitrogens is 1. The summed E-state index contributed by atoms with van der Waals surface area (Å²) in [6.07, 6.45) is 0.826.